The number of hydrogen-bond acceptors (Lipinski definition) is 15. The smallest absolute Gasteiger partial charge is 0.459 e. The number of anilines is 2. The largest absolute Gasteiger partial charge is 0.459 e. The van der Waals surface area contributed by atoms with E-state index in [1.807, 2.05) is 30.3 Å². The number of ether oxygens (including phenoxy) is 2. The van der Waals surface area contributed by atoms with Crippen LogP contribution in [0.1, 0.15) is 38.0 Å². The summed E-state index contributed by atoms with van der Waals surface area (Å²) >= 11 is 6.03. The Morgan fingerprint density at radius 1 is 1.18 bits per heavy atom. The van der Waals surface area contributed by atoms with Crippen molar-refractivity contribution in [3.8, 4) is 5.75 Å². The van der Waals surface area contributed by atoms with E-state index in [0.717, 1.165) is 11.8 Å². The van der Waals surface area contributed by atoms with Crippen LogP contribution in [0.15, 0.2) is 60.9 Å². The van der Waals surface area contributed by atoms with Crippen molar-refractivity contribution in [2.75, 3.05) is 24.0 Å². The van der Waals surface area contributed by atoms with Crippen molar-refractivity contribution in [2.24, 2.45) is 0 Å². The number of sulfonamides is 1. The number of esters is 1. The summed E-state index contributed by atoms with van der Waals surface area (Å²) in [5.41, 5.74) is 5.73. The zero-order valence-electron chi connectivity index (χ0n) is 27.3. The number of carbonyl (C=O) groups excluding carboxylic acids is 1. The Hall–Kier alpha value is -3.91. The number of fused-ring (bicyclic) bond motifs is 1. The lowest BCUT2D eigenvalue weighted by Gasteiger charge is -2.41. The number of halogens is 1. The Bertz CT molecular complexity index is 2050. The second kappa shape index (κ2) is 14.3. The van der Waals surface area contributed by atoms with Crippen LogP contribution in [0.5, 0.6) is 5.75 Å². The topological polar surface area (TPSA) is 251 Å². The van der Waals surface area contributed by atoms with Crippen LogP contribution in [0, 0.1) is 0 Å². The first-order valence-corrected chi connectivity index (χ1v) is 19.4. The van der Waals surface area contributed by atoms with E-state index < -0.39 is 59.9 Å². The van der Waals surface area contributed by atoms with Crippen LogP contribution in [-0.4, -0.2) is 80.3 Å². The Morgan fingerprint density at radius 2 is 1.88 bits per heavy atom. The average molecular weight is 767 g/mol. The number of imidazole rings is 1. The molecule has 51 heavy (non-hydrogen) atoms. The molecule has 2 aliphatic rings. The highest BCUT2D eigenvalue weighted by Crippen LogP contribution is 2.51. The second-order valence-corrected chi connectivity index (χ2v) is 16.2. The van der Waals surface area contributed by atoms with Gasteiger partial charge in [-0.3, -0.25) is 19.3 Å². The third-order valence-electron chi connectivity index (χ3n) is 8.41. The molecule has 2 aromatic heterocycles. The minimum atomic E-state index is -4.45. The van der Waals surface area contributed by atoms with E-state index in [-0.39, 0.29) is 48.1 Å². The molecule has 1 saturated heterocycles. The van der Waals surface area contributed by atoms with Gasteiger partial charge in [0.15, 0.2) is 23.2 Å². The molecule has 0 spiro atoms. The molecule has 2 aromatic carbocycles. The van der Waals surface area contributed by atoms with Crippen LogP contribution in [0.3, 0.4) is 0 Å². The van der Waals surface area contributed by atoms with Crippen molar-refractivity contribution >= 4 is 58.3 Å². The Morgan fingerprint density at radius 3 is 2.53 bits per heavy atom. The number of carbonyl (C=O) groups is 1. The molecular weight excluding hydrogens is 731 g/mol. The summed E-state index contributed by atoms with van der Waals surface area (Å²) in [5.74, 6) is -0.885. The molecule has 1 aliphatic heterocycles. The van der Waals surface area contributed by atoms with Crippen LogP contribution in [0.4, 0.5) is 11.8 Å². The molecule has 0 radical (unpaired) electrons. The van der Waals surface area contributed by atoms with Gasteiger partial charge in [0.05, 0.1) is 19.2 Å². The monoisotopic (exact) mass is 766 g/mol. The summed E-state index contributed by atoms with van der Waals surface area (Å²) in [7, 11) is -8.15. The first kappa shape index (κ1) is 36.9. The molecule has 21 heteroatoms. The van der Waals surface area contributed by atoms with E-state index >= 15 is 0 Å². The van der Waals surface area contributed by atoms with Crippen LogP contribution < -0.4 is 25.6 Å². The number of nitrogens with zero attached hydrogens (tertiary/aromatic N) is 4. The van der Waals surface area contributed by atoms with Gasteiger partial charge in [-0.2, -0.15) is 15.1 Å². The predicted molar refractivity (Wildman–Crippen MR) is 183 cm³/mol. The van der Waals surface area contributed by atoms with Gasteiger partial charge in [0, 0.05) is 5.02 Å². The summed E-state index contributed by atoms with van der Waals surface area (Å²) in [6.07, 6.45) is -0.926. The Labute approximate surface area is 297 Å². The molecule has 2 fully saturated rings. The molecule has 4 aromatic rings. The van der Waals surface area contributed by atoms with Gasteiger partial charge in [0.25, 0.3) is 0 Å². The Kier molecular flexibility index (Phi) is 10.3. The van der Waals surface area contributed by atoms with Gasteiger partial charge in [-0.25, -0.2) is 18.0 Å². The number of nitrogens with one attached hydrogen (secondary N) is 3. The number of hydrazine groups is 1. The summed E-state index contributed by atoms with van der Waals surface area (Å²) in [5, 5.41) is 25.9. The SMILES string of the molecule is C[C@]1(O)C(n2cnc3c(NNS(C)(=O)=O)nc(N)nc32)OC(COP(=O)(NC2(C(=O)OCc3ccccc3)CCC2)Oc2ccc(Cl)cc2)[C@H]1O. The number of hydrogen-bond donors (Lipinski definition) is 6. The quantitative estimate of drug-likeness (QED) is 0.0612. The van der Waals surface area contributed by atoms with Crippen LogP contribution >= 0.6 is 19.3 Å². The highest BCUT2D eigenvalue weighted by molar-refractivity contribution is 7.88. The number of nitrogens with two attached hydrogens (primary N) is 1. The molecule has 1 saturated carbocycles. The average Bonchev–Trinajstić information content (AvgIpc) is 3.57. The van der Waals surface area contributed by atoms with Crippen molar-refractivity contribution in [3.05, 3.63) is 71.5 Å². The number of aromatic nitrogens is 4. The fraction of sp³-hybridized carbons (Fsp3) is 0.400. The molecular formula is C30H36ClN8O10PS. The van der Waals surface area contributed by atoms with E-state index in [0.29, 0.717) is 11.4 Å². The van der Waals surface area contributed by atoms with E-state index in [9.17, 15) is 28.0 Å². The lowest BCUT2D eigenvalue weighted by molar-refractivity contribution is -0.156. The molecule has 6 rings (SSSR count). The lowest BCUT2D eigenvalue weighted by Crippen LogP contribution is -2.57. The van der Waals surface area contributed by atoms with Crippen molar-refractivity contribution in [2.45, 2.75) is 62.4 Å². The van der Waals surface area contributed by atoms with Crippen LogP contribution in [0.2, 0.25) is 5.02 Å². The van der Waals surface area contributed by atoms with Crippen LogP contribution in [-0.2, 0) is 40.0 Å². The molecule has 7 N–H and O–H groups in total. The zero-order valence-corrected chi connectivity index (χ0v) is 29.8. The number of rotatable bonds is 14. The first-order chi connectivity index (χ1) is 24.1. The summed E-state index contributed by atoms with van der Waals surface area (Å²) < 4.78 is 62.3. The molecule has 18 nitrogen and oxygen atoms in total. The van der Waals surface area contributed by atoms with Gasteiger partial charge in [0.2, 0.25) is 16.0 Å². The number of aliphatic hydroxyl groups excluding tert-OH is 1. The van der Waals surface area contributed by atoms with Crippen molar-refractivity contribution in [1.82, 2.24) is 29.4 Å². The molecule has 0 bridgehead atoms. The predicted octanol–water partition coefficient (Wildman–Crippen LogP) is 2.41. The minimum Gasteiger partial charge on any atom is -0.459 e. The summed E-state index contributed by atoms with van der Waals surface area (Å²) in [6.45, 7) is 0.711. The third-order valence-corrected chi connectivity index (χ3v) is 10.8. The number of benzene rings is 2. The van der Waals surface area contributed by atoms with Crippen molar-refractivity contribution in [1.29, 1.82) is 0 Å². The van der Waals surface area contributed by atoms with Gasteiger partial charge in [-0.05, 0) is 56.0 Å². The number of nitrogen functional groups attached to an aromatic ring is 1. The minimum absolute atomic E-state index is 0.00382. The highest BCUT2D eigenvalue weighted by Gasteiger charge is 2.56. The maximum absolute atomic E-state index is 14.5. The van der Waals surface area contributed by atoms with Gasteiger partial charge in [-0.15, -0.1) is 4.83 Å². The fourth-order valence-corrected chi connectivity index (χ4v) is 7.77. The van der Waals surface area contributed by atoms with E-state index in [1.54, 1.807) is 0 Å². The van der Waals surface area contributed by atoms with E-state index in [2.05, 4.69) is 30.3 Å². The first-order valence-electron chi connectivity index (χ1n) is 15.6. The zero-order chi connectivity index (χ0) is 36.6. The number of aliphatic hydroxyl groups is 2. The normalized spacial score (nSPS) is 24.1. The van der Waals surface area contributed by atoms with Gasteiger partial charge >= 0.3 is 13.7 Å². The van der Waals surface area contributed by atoms with Gasteiger partial charge in [0.1, 0.15) is 35.7 Å². The molecule has 274 valence electrons. The summed E-state index contributed by atoms with van der Waals surface area (Å²) in [6, 6.07) is 15.1. The summed E-state index contributed by atoms with van der Waals surface area (Å²) in [4.78, 5) is 27.8. The maximum Gasteiger partial charge on any atom is 0.459 e. The van der Waals surface area contributed by atoms with Crippen LogP contribution in [0.25, 0.3) is 11.2 Å². The standard InChI is InChI=1S/C30H36ClN8O10PS/c1-29(42)23(40)21(48-26(29)39-17-33-22-24(36-38-51(2,44)45)34-28(32)35-25(22)39)16-47-50(43,49-20-11-9-19(31)10-12-20)37-30(13-6-14-30)27(41)46-15-18-7-4-3-5-8-18/h3-5,7-12,17,21,23,26,38,40,42H,6,13-16H2,1-2H3,(H,37,43)(H3,32,34,35,36)/t21?,23-,26?,29-,50?/m1/s1. The molecule has 3 heterocycles. The second-order valence-electron chi connectivity index (χ2n) is 12.4. The van der Waals surface area contributed by atoms with Gasteiger partial charge in [-0.1, -0.05) is 41.9 Å². The highest BCUT2D eigenvalue weighted by atomic mass is 35.5. The third kappa shape index (κ3) is 8.11. The molecule has 5 atom stereocenters. The fourth-order valence-electron chi connectivity index (χ4n) is 5.61. The molecule has 3 unspecified atom stereocenters. The molecule has 0 amide bonds. The van der Waals surface area contributed by atoms with Crippen molar-refractivity contribution < 1.29 is 46.5 Å². The van der Waals surface area contributed by atoms with Crippen molar-refractivity contribution in [3.63, 3.8) is 0 Å². The lowest BCUT2D eigenvalue weighted by atomic mass is 9.78. The van der Waals surface area contributed by atoms with Gasteiger partial charge < -0.3 is 29.9 Å². The van der Waals surface area contributed by atoms with E-state index in [1.165, 1.54) is 42.1 Å². The van der Waals surface area contributed by atoms with E-state index in [4.69, 9.17) is 35.9 Å². The maximum atomic E-state index is 14.5. The molecule has 1 aliphatic carbocycles. The Balaban J connectivity index is 1.23.